The van der Waals surface area contributed by atoms with Crippen molar-refractivity contribution in [2.24, 2.45) is 0 Å². The monoisotopic (exact) mass is 345 g/mol. The standard InChI is InChI=1S/C18H19NO4S/c1-11(17(20)19-13-6-4-7-14(10-13)22-2)23-18(21)16-9-12-5-3-8-15(12)24-16/h4,6-7,9-11H,3,5,8H2,1-2H3,(H,19,20)/t11-/m0/s1. The molecule has 1 heterocycles. The zero-order valence-electron chi connectivity index (χ0n) is 13.6. The molecule has 0 aliphatic heterocycles. The van der Waals surface area contributed by atoms with Crippen molar-refractivity contribution >= 4 is 28.9 Å². The van der Waals surface area contributed by atoms with Crippen LogP contribution < -0.4 is 10.1 Å². The lowest BCUT2D eigenvalue weighted by atomic mass is 10.2. The largest absolute Gasteiger partial charge is 0.497 e. The van der Waals surface area contributed by atoms with Crippen molar-refractivity contribution in [2.45, 2.75) is 32.3 Å². The number of thiophene rings is 1. The lowest BCUT2D eigenvalue weighted by molar-refractivity contribution is -0.123. The number of amides is 1. The summed E-state index contributed by atoms with van der Waals surface area (Å²) in [5, 5.41) is 2.72. The number of rotatable bonds is 5. The normalized spacial score (nSPS) is 13.9. The molecule has 5 nitrogen and oxygen atoms in total. The molecule has 1 aromatic heterocycles. The molecule has 1 aliphatic carbocycles. The number of benzene rings is 1. The Bertz CT molecular complexity index is 747. The van der Waals surface area contributed by atoms with E-state index in [-0.39, 0.29) is 5.91 Å². The molecule has 0 spiro atoms. The molecule has 0 unspecified atom stereocenters. The van der Waals surface area contributed by atoms with Gasteiger partial charge in [-0.1, -0.05) is 6.07 Å². The van der Waals surface area contributed by atoms with Crippen LogP contribution in [0.1, 0.15) is 33.5 Å². The first kappa shape index (κ1) is 16.5. The summed E-state index contributed by atoms with van der Waals surface area (Å²) in [6.07, 6.45) is 2.32. The first-order valence-corrected chi connectivity index (χ1v) is 8.66. The van der Waals surface area contributed by atoms with Crippen LogP contribution in [-0.2, 0) is 22.4 Å². The maximum absolute atomic E-state index is 12.2. The third-order valence-corrected chi connectivity index (χ3v) is 5.16. The van der Waals surface area contributed by atoms with Crippen LogP contribution in [0, 0.1) is 0 Å². The topological polar surface area (TPSA) is 64.6 Å². The highest BCUT2D eigenvalue weighted by atomic mass is 32.1. The van der Waals surface area contributed by atoms with Gasteiger partial charge in [0.15, 0.2) is 6.10 Å². The zero-order valence-corrected chi connectivity index (χ0v) is 14.4. The van der Waals surface area contributed by atoms with Gasteiger partial charge in [-0.2, -0.15) is 0 Å². The van der Waals surface area contributed by atoms with Gasteiger partial charge in [-0.05, 0) is 49.9 Å². The molecule has 1 N–H and O–H groups in total. The van der Waals surface area contributed by atoms with E-state index in [4.69, 9.17) is 9.47 Å². The number of fused-ring (bicyclic) bond motifs is 1. The third-order valence-electron chi connectivity index (χ3n) is 3.94. The van der Waals surface area contributed by atoms with E-state index in [1.165, 1.54) is 21.8 Å². The van der Waals surface area contributed by atoms with Gasteiger partial charge < -0.3 is 14.8 Å². The fraction of sp³-hybridized carbons (Fsp3) is 0.333. The Morgan fingerprint density at radius 3 is 2.83 bits per heavy atom. The van der Waals surface area contributed by atoms with Crippen LogP contribution in [0.15, 0.2) is 30.3 Å². The van der Waals surface area contributed by atoms with E-state index in [1.807, 2.05) is 6.07 Å². The van der Waals surface area contributed by atoms with E-state index in [1.54, 1.807) is 38.3 Å². The van der Waals surface area contributed by atoms with Gasteiger partial charge in [0.25, 0.3) is 5.91 Å². The van der Waals surface area contributed by atoms with Crippen molar-refractivity contribution in [1.29, 1.82) is 0 Å². The molecule has 24 heavy (non-hydrogen) atoms. The molecule has 6 heteroatoms. The summed E-state index contributed by atoms with van der Waals surface area (Å²) in [5.74, 6) is -0.172. The van der Waals surface area contributed by atoms with Gasteiger partial charge in [0, 0.05) is 16.6 Å². The van der Waals surface area contributed by atoms with Crippen LogP contribution in [0.5, 0.6) is 5.75 Å². The highest BCUT2D eigenvalue weighted by Crippen LogP contribution is 2.31. The molecule has 1 atom stereocenters. The maximum atomic E-state index is 12.2. The van der Waals surface area contributed by atoms with Crippen LogP contribution >= 0.6 is 11.3 Å². The molecule has 0 radical (unpaired) electrons. The maximum Gasteiger partial charge on any atom is 0.349 e. The first-order chi connectivity index (χ1) is 11.6. The molecule has 0 saturated carbocycles. The van der Waals surface area contributed by atoms with Crippen LogP contribution in [0.2, 0.25) is 0 Å². The minimum atomic E-state index is -0.874. The molecule has 0 fully saturated rings. The van der Waals surface area contributed by atoms with Gasteiger partial charge in [0.2, 0.25) is 0 Å². The number of hydrogen-bond acceptors (Lipinski definition) is 5. The minimum Gasteiger partial charge on any atom is -0.497 e. The predicted molar refractivity (Wildman–Crippen MR) is 92.8 cm³/mol. The van der Waals surface area contributed by atoms with Gasteiger partial charge in [0.05, 0.1) is 7.11 Å². The quantitative estimate of drug-likeness (QED) is 0.843. The molecular weight excluding hydrogens is 326 g/mol. The van der Waals surface area contributed by atoms with Crippen LogP contribution in [0.4, 0.5) is 5.69 Å². The number of ether oxygens (including phenoxy) is 2. The summed E-state index contributed by atoms with van der Waals surface area (Å²) < 4.78 is 10.4. The Labute approximate surface area is 144 Å². The van der Waals surface area contributed by atoms with E-state index in [0.29, 0.717) is 16.3 Å². The summed E-state index contributed by atoms with van der Waals surface area (Å²) >= 11 is 1.47. The number of nitrogens with one attached hydrogen (secondary N) is 1. The average molecular weight is 345 g/mol. The molecule has 0 saturated heterocycles. The number of carbonyl (C=O) groups is 2. The van der Waals surface area contributed by atoms with E-state index in [2.05, 4.69) is 5.32 Å². The number of methoxy groups -OCH3 is 1. The Balaban J connectivity index is 1.59. The second kappa shape index (κ2) is 7.05. The zero-order chi connectivity index (χ0) is 17.1. The van der Waals surface area contributed by atoms with E-state index in [9.17, 15) is 9.59 Å². The molecule has 1 aliphatic rings. The lowest BCUT2D eigenvalue weighted by Crippen LogP contribution is -2.29. The Morgan fingerprint density at radius 1 is 1.25 bits per heavy atom. The summed E-state index contributed by atoms with van der Waals surface area (Å²) in [4.78, 5) is 26.2. The summed E-state index contributed by atoms with van der Waals surface area (Å²) in [6, 6.07) is 8.91. The van der Waals surface area contributed by atoms with Crippen LogP contribution in [0.25, 0.3) is 0 Å². The van der Waals surface area contributed by atoms with Crippen molar-refractivity contribution in [3.05, 3.63) is 45.6 Å². The van der Waals surface area contributed by atoms with Crippen LogP contribution in [0.3, 0.4) is 0 Å². The van der Waals surface area contributed by atoms with Crippen molar-refractivity contribution < 1.29 is 19.1 Å². The SMILES string of the molecule is COc1cccc(NC(=O)[C@H](C)OC(=O)c2cc3c(s2)CCC3)c1. The summed E-state index contributed by atoms with van der Waals surface area (Å²) in [6.45, 7) is 1.56. The third kappa shape index (κ3) is 3.59. The number of esters is 1. The molecule has 0 bridgehead atoms. The van der Waals surface area contributed by atoms with E-state index >= 15 is 0 Å². The average Bonchev–Trinajstić information content (AvgIpc) is 3.16. The fourth-order valence-electron chi connectivity index (χ4n) is 2.65. The van der Waals surface area contributed by atoms with E-state index in [0.717, 1.165) is 19.3 Å². The van der Waals surface area contributed by atoms with Crippen molar-refractivity contribution in [1.82, 2.24) is 0 Å². The van der Waals surface area contributed by atoms with Gasteiger partial charge in [-0.25, -0.2) is 4.79 Å². The predicted octanol–water partition coefficient (Wildman–Crippen LogP) is 3.43. The lowest BCUT2D eigenvalue weighted by Gasteiger charge is -2.13. The molecule has 1 aromatic carbocycles. The van der Waals surface area contributed by atoms with E-state index < -0.39 is 12.1 Å². The van der Waals surface area contributed by atoms with Crippen molar-refractivity contribution in [2.75, 3.05) is 12.4 Å². The van der Waals surface area contributed by atoms with Crippen LogP contribution in [-0.4, -0.2) is 25.1 Å². The number of hydrogen-bond donors (Lipinski definition) is 1. The Kier molecular flexibility index (Phi) is 4.85. The highest BCUT2D eigenvalue weighted by molar-refractivity contribution is 7.14. The van der Waals surface area contributed by atoms with Gasteiger partial charge in [-0.15, -0.1) is 11.3 Å². The summed E-state index contributed by atoms with van der Waals surface area (Å²) in [5.41, 5.74) is 1.83. The van der Waals surface area contributed by atoms with Gasteiger partial charge in [0.1, 0.15) is 10.6 Å². The molecule has 1 amide bonds. The Morgan fingerprint density at radius 2 is 2.08 bits per heavy atom. The molecule has 126 valence electrons. The summed E-state index contributed by atoms with van der Waals surface area (Å²) in [7, 11) is 1.56. The number of carbonyl (C=O) groups excluding carboxylic acids is 2. The fourth-order valence-corrected chi connectivity index (χ4v) is 3.78. The molecular formula is C18H19NO4S. The molecule has 2 aromatic rings. The number of anilines is 1. The molecule has 3 rings (SSSR count). The van der Waals surface area contributed by atoms with Gasteiger partial charge >= 0.3 is 5.97 Å². The van der Waals surface area contributed by atoms with Crippen molar-refractivity contribution in [3.63, 3.8) is 0 Å². The Hall–Kier alpha value is -2.34. The smallest absolute Gasteiger partial charge is 0.349 e. The number of aryl methyl sites for hydroxylation is 2. The minimum absolute atomic E-state index is 0.374. The van der Waals surface area contributed by atoms with Gasteiger partial charge in [-0.3, -0.25) is 4.79 Å². The highest BCUT2D eigenvalue weighted by Gasteiger charge is 2.23. The van der Waals surface area contributed by atoms with Crippen molar-refractivity contribution in [3.8, 4) is 5.75 Å². The second-order valence-electron chi connectivity index (χ2n) is 5.68. The second-order valence-corrected chi connectivity index (χ2v) is 6.82. The first-order valence-electron chi connectivity index (χ1n) is 7.84.